The van der Waals surface area contributed by atoms with Crippen LogP contribution in [-0.4, -0.2) is 14.5 Å². The summed E-state index contributed by atoms with van der Waals surface area (Å²) in [5.74, 6) is 1.51. The van der Waals surface area contributed by atoms with Crippen LogP contribution in [0.5, 0.6) is 0 Å². The van der Waals surface area contributed by atoms with E-state index in [2.05, 4.69) is 167 Å². The molecule has 0 aliphatic carbocycles. The lowest BCUT2D eigenvalue weighted by atomic mass is 9.97. The highest BCUT2D eigenvalue weighted by Gasteiger charge is 2.32. The van der Waals surface area contributed by atoms with Crippen molar-refractivity contribution in [2.24, 2.45) is 0 Å². The molecular formula is C46H30N4. The van der Waals surface area contributed by atoms with Gasteiger partial charge in [-0.05, 0) is 29.7 Å². The fourth-order valence-electron chi connectivity index (χ4n) is 7.56. The van der Waals surface area contributed by atoms with E-state index in [4.69, 9.17) is 9.97 Å². The van der Waals surface area contributed by atoms with Crippen LogP contribution in [0.4, 0.5) is 17.1 Å². The monoisotopic (exact) mass is 638 g/mol. The van der Waals surface area contributed by atoms with Crippen LogP contribution in [0.25, 0.3) is 72.5 Å². The number of aromatic nitrogens is 3. The average Bonchev–Trinajstić information content (AvgIpc) is 3.49. The molecule has 4 heteroatoms. The van der Waals surface area contributed by atoms with Gasteiger partial charge in [-0.1, -0.05) is 152 Å². The summed E-state index contributed by atoms with van der Waals surface area (Å²) in [6, 6.07) is 64.3. The van der Waals surface area contributed by atoms with Gasteiger partial charge in [0.25, 0.3) is 0 Å². The SMILES string of the molecule is c1ccc(-c2cc(-n3c4c(c5ccc6ccccc6c53)-c3ccccc3N(c3ccccc3)c3ccccc3-4)nc(-c3ccccc3)n2)cc1. The summed E-state index contributed by atoms with van der Waals surface area (Å²) in [7, 11) is 0. The molecule has 0 fully saturated rings. The number of para-hydroxylation sites is 3. The fourth-order valence-corrected chi connectivity index (χ4v) is 7.56. The molecule has 2 aromatic heterocycles. The van der Waals surface area contributed by atoms with Gasteiger partial charge in [0.2, 0.25) is 0 Å². The van der Waals surface area contributed by atoms with Crippen LogP contribution in [0.3, 0.4) is 0 Å². The van der Waals surface area contributed by atoms with Crippen molar-refractivity contribution in [1.82, 2.24) is 14.5 Å². The molecule has 7 aromatic carbocycles. The predicted molar refractivity (Wildman–Crippen MR) is 206 cm³/mol. The Hall–Kier alpha value is -6.78. The number of hydrogen-bond donors (Lipinski definition) is 0. The maximum atomic E-state index is 5.41. The predicted octanol–water partition coefficient (Wildman–Crippen LogP) is 12.0. The molecule has 0 radical (unpaired) electrons. The Kier molecular flexibility index (Phi) is 6.46. The van der Waals surface area contributed by atoms with Crippen molar-refractivity contribution in [3.05, 3.63) is 182 Å². The summed E-state index contributed by atoms with van der Waals surface area (Å²) in [5, 5.41) is 3.54. The molecule has 10 rings (SSSR count). The maximum absolute atomic E-state index is 5.41. The molecule has 9 aromatic rings. The Morgan fingerprint density at radius 3 is 1.80 bits per heavy atom. The van der Waals surface area contributed by atoms with Gasteiger partial charge in [0.1, 0.15) is 5.82 Å². The van der Waals surface area contributed by atoms with Gasteiger partial charge in [-0.25, -0.2) is 9.97 Å². The van der Waals surface area contributed by atoms with Gasteiger partial charge in [-0.15, -0.1) is 0 Å². The Bertz CT molecular complexity index is 2640. The van der Waals surface area contributed by atoms with E-state index in [1.165, 1.54) is 27.3 Å². The van der Waals surface area contributed by atoms with Gasteiger partial charge in [-0.2, -0.15) is 0 Å². The summed E-state index contributed by atoms with van der Waals surface area (Å²) in [6.07, 6.45) is 0. The minimum atomic E-state index is 0.686. The number of benzene rings is 7. The quantitative estimate of drug-likeness (QED) is 0.192. The first kappa shape index (κ1) is 28.3. The van der Waals surface area contributed by atoms with E-state index in [0.29, 0.717) is 5.82 Å². The standard InChI is InChI=1S/C46H30N4/c1-4-17-32(18-5-1)39-30-42(48-46(47-39)33-19-6-2-7-20-33)50-44-35-23-11-10-16-31(35)28-29-38(44)43-36-24-12-14-26-40(36)49(34-21-8-3-9-22-34)41-27-15-13-25-37(41)45(43)50/h1-30H. The second-order valence-corrected chi connectivity index (χ2v) is 12.6. The van der Waals surface area contributed by atoms with Gasteiger partial charge in [0, 0.05) is 50.3 Å². The Morgan fingerprint density at radius 1 is 0.440 bits per heavy atom. The number of anilines is 3. The molecule has 0 atom stereocenters. The number of nitrogens with zero attached hydrogens (tertiary/aromatic N) is 4. The van der Waals surface area contributed by atoms with Crippen LogP contribution < -0.4 is 4.90 Å². The summed E-state index contributed by atoms with van der Waals surface area (Å²) in [6.45, 7) is 0. The molecule has 234 valence electrons. The van der Waals surface area contributed by atoms with Crippen molar-refractivity contribution in [3.8, 4) is 50.8 Å². The van der Waals surface area contributed by atoms with Crippen molar-refractivity contribution in [3.63, 3.8) is 0 Å². The lowest BCUT2D eigenvalue weighted by molar-refractivity contribution is 1.03. The largest absolute Gasteiger partial charge is 0.309 e. The molecule has 50 heavy (non-hydrogen) atoms. The molecule has 0 saturated carbocycles. The first-order chi connectivity index (χ1) is 24.8. The number of fused-ring (bicyclic) bond motifs is 9. The Morgan fingerprint density at radius 2 is 1.04 bits per heavy atom. The summed E-state index contributed by atoms with van der Waals surface area (Å²) < 4.78 is 2.40. The van der Waals surface area contributed by atoms with Crippen molar-refractivity contribution >= 4 is 38.7 Å². The zero-order valence-electron chi connectivity index (χ0n) is 27.1. The highest BCUT2D eigenvalue weighted by molar-refractivity contribution is 6.19. The van der Waals surface area contributed by atoms with Crippen LogP contribution in [0.1, 0.15) is 0 Å². The van der Waals surface area contributed by atoms with Gasteiger partial charge >= 0.3 is 0 Å². The summed E-state index contributed by atoms with van der Waals surface area (Å²) in [4.78, 5) is 13.0. The van der Waals surface area contributed by atoms with Crippen LogP contribution >= 0.6 is 0 Å². The van der Waals surface area contributed by atoms with E-state index < -0.39 is 0 Å². The number of rotatable bonds is 4. The van der Waals surface area contributed by atoms with E-state index in [-0.39, 0.29) is 0 Å². The van der Waals surface area contributed by atoms with Gasteiger partial charge in [-0.3, -0.25) is 4.57 Å². The molecule has 0 amide bonds. The lowest BCUT2D eigenvalue weighted by Gasteiger charge is -2.27. The van der Waals surface area contributed by atoms with Gasteiger partial charge in [0.05, 0.1) is 28.3 Å². The fraction of sp³-hybridized carbons (Fsp3) is 0. The molecule has 0 N–H and O–H groups in total. The molecular weight excluding hydrogens is 609 g/mol. The molecule has 3 heterocycles. The van der Waals surface area contributed by atoms with Crippen LogP contribution in [0.2, 0.25) is 0 Å². The van der Waals surface area contributed by atoms with Crippen molar-refractivity contribution in [2.75, 3.05) is 4.90 Å². The average molecular weight is 639 g/mol. The second-order valence-electron chi connectivity index (χ2n) is 12.6. The smallest absolute Gasteiger partial charge is 0.162 e. The summed E-state index contributed by atoms with van der Waals surface area (Å²) >= 11 is 0. The van der Waals surface area contributed by atoms with E-state index in [0.717, 1.165) is 56.5 Å². The first-order valence-electron chi connectivity index (χ1n) is 16.9. The van der Waals surface area contributed by atoms with Crippen molar-refractivity contribution in [1.29, 1.82) is 0 Å². The minimum Gasteiger partial charge on any atom is -0.309 e. The van der Waals surface area contributed by atoms with E-state index in [9.17, 15) is 0 Å². The molecule has 0 spiro atoms. The molecule has 0 bridgehead atoms. The normalized spacial score (nSPS) is 12.0. The zero-order chi connectivity index (χ0) is 33.0. The van der Waals surface area contributed by atoms with Gasteiger partial charge in [0.15, 0.2) is 5.82 Å². The Labute approximate surface area is 290 Å². The van der Waals surface area contributed by atoms with Crippen molar-refractivity contribution in [2.45, 2.75) is 0 Å². The first-order valence-corrected chi connectivity index (χ1v) is 16.9. The third kappa shape index (κ3) is 4.39. The highest BCUT2D eigenvalue weighted by Crippen LogP contribution is 2.55. The molecule has 4 nitrogen and oxygen atoms in total. The third-order valence-electron chi connectivity index (χ3n) is 9.73. The second kappa shape index (κ2) is 11.4. The van der Waals surface area contributed by atoms with E-state index in [1.807, 2.05) is 24.3 Å². The maximum Gasteiger partial charge on any atom is 0.162 e. The van der Waals surface area contributed by atoms with Crippen LogP contribution in [0.15, 0.2) is 182 Å². The van der Waals surface area contributed by atoms with E-state index >= 15 is 0 Å². The van der Waals surface area contributed by atoms with E-state index in [1.54, 1.807) is 0 Å². The molecule has 0 saturated heterocycles. The number of hydrogen-bond acceptors (Lipinski definition) is 3. The Balaban J connectivity index is 1.40. The lowest BCUT2D eigenvalue weighted by Crippen LogP contribution is -2.11. The topological polar surface area (TPSA) is 34.0 Å². The summed E-state index contributed by atoms with van der Waals surface area (Å²) in [5.41, 5.74) is 12.0. The minimum absolute atomic E-state index is 0.686. The van der Waals surface area contributed by atoms with Crippen LogP contribution in [-0.2, 0) is 0 Å². The van der Waals surface area contributed by atoms with Crippen LogP contribution in [0, 0.1) is 0 Å². The highest BCUT2D eigenvalue weighted by atomic mass is 15.2. The van der Waals surface area contributed by atoms with Crippen molar-refractivity contribution < 1.29 is 0 Å². The molecule has 1 aliphatic rings. The van der Waals surface area contributed by atoms with Gasteiger partial charge < -0.3 is 4.90 Å². The molecule has 1 aliphatic heterocycles. The zero-order valence-corrected chi connectivity index (χ0v) is 27.1. The molecule has 0 unspecified atom stereocenters. The third-order valence-corrected chi connectivity index (χ3v) is 9.73.